The van der Waals surface area contributed by atoms with E-state index in [1.54, 1.807) is 18.9 Å². The fourth-order valence-corrected chi connectivity index (χ4v) is 5.35. The zero-order chi connectivity index (χ0) is 23.6. The van der Waals surface area contributed by atoms with Crippen LogP contribution in [0.15, 0.2) is 51.8 Å². The highest BCUT2D eigenvalue weighted by Gasteiger charge is 2.38. The number of hydrogen-bond donors (Lipinski definition) is 0. The van der Waals surface area contributed by atoms with Crippen molar-refractivity contribution in [2.24, 2.45) is 18.9 Å². The molecule has 0 unspecified atom stereocenters. The van der Waals surface area contributed by atoms with Crippen molar-refractivity contribution in [2.75, 3.05) is 7.11 Å². The van der Waals surface area contributed by atoms with Crippen molar-refractivity contribution in [1.82, 2.24) is 4.57 Å². The molecule has 0 saturated carbocycles. The fraction of sp³-hybridized carbons (Fsp3) is 0.423. The third-order valence-corrected chi connectivity index (χ3v) is 8.17. The number of aryl methyl sites for hydroxylation is 1. The number of esters is 1. The molecule has 0 N–H and O–H groups in total. The van der Waals surface area contributed by atoms with Crippen LogP contribution in [0.1, 0.15) is 50.7 Å². The van der Waals surface area contributed by atoms with Crippen LogP contribution in [0.2, 0.25) is 0 Å². The van der Waals surface area contributed by atoms with Gasteiger partial charge in [-0.2, -0.15) is 0 Å². The summed E-state index contributed by atoms with van der Waals surface area (Å²) in [7, 11) is 3.64. The number of hydrogen-bond acceptors (Lipinski definition) is 4. The number of carbonyl (C=O) groups excluding carboxylic acids is 1. The molecule has 2 aromatic carbocycles. The molecule has 6 heteroatoms. The van der Waals surface area contributed by atoms with Crippen LogP contribution in [-0.2, 0) is 17.5 Å². The van der Waals surface area contributed by atoms with E-state index in [1.807, 2.05) is 44.3 Å². The first-order valence-electron chi connectivity index (χ1n) is 10.9. The zero-order valence-corrected chi connectivity index (χ0v) is 22.3. The summed E-state index contributed by atoms with van der Waals surface area (Å²) in [5, 5.41) is 0.844. The second-order valence-corrected chi connectivity index (χ2v) is 10.8. The molecule has 0 amide bonds. The first-order chi connectivity index (χ1) is 15.1. The van der Waals surface area contributed by atoms with Gasteiger partial charge in [0.25, 0.3) is 0 Å². The average molecular weight is 519 g/mol. The number of thioether (sulfide) groups is 1. The Labute approximate surface area is 203 Å². The van der Waals surface area contributed by atoms with Crippen molar-refractivity contribution >= 4 is 44.6 Å². The summed E-state index contributed by atoms with van der Waals surface area (Å²) in [6, 6.07) is 14.2. The van der Waals surface area contributed by atoms with Crippen LogP contribution in [0.4, 0.5) is 0 Å². The van der Waals surface area contributed by atoms with Gasteiger partial charge in [-0.3, -0.25) is 0 Å². The Hall–Kier alpha value is -1.92. The van der Waals surface area contributed by atoms with E-state index in [9.17, 15) is 4.79 Å². The number of carbonyl (C=O) groups is 1. The van der Waals surface area contributed by atoms with Gasteiger partial charge in [0.05, 0.1) is 22.7 Å². The maximum atomic E-state index is 13.7. The number of halogens is 1. The molecule has 0 radical (unpaired) electrons. The molecule has 0 fully saturated rings. The summed E-state index contributed by atoms with van der Waals surface area (Å²) in [5.41, 5.74) is 1.95. The highest BCUT2D eigenvalue weighted by Crippen LogP contribution is 2.39. The van der Waals surface area contributed by atoms with Gasteiger partial charge in [0, 0.05) is 28.8 Å². The Balaban J connectivity index is 2.13. The molecule has 1 aromatic heterocycles. The average Bonchev–Trinajstić information content (AvgIpc) is 3.02. The van der Waals surface area contributed by atoms with Gasteiger partial charge in [0.1, 0.15) is 11.4 Å². The quantitative estimate of drug-likeness (QED) is 0.229. The summed E-state index contributed by atoms with van der Waals surface area (Å²) < 4.78 is 14.7. The molecule has 3 aromatic rings. The van der Waals surface area contributed by atoms with E-state index in [0.29, 0.717) is 17.1 Å². The summed E-state index contributed by atoms with van der Waals surface area (Å²) >= 11 is 5.29. The van der Waals surface area contributed by atoms with Crippen molar-refractivity contribution < 1.29 is 14.3 Å². The van der Waals surface area contributed by atoms with Crippen LogP contribution in [-0.4, -0.2) is 23.2 Å². The van der Waals surface area contributed by atoms with Crippen LogP contribution in [0.25, 0.3) is 10.9 Å². The number of methoxy groups -OCH3 is 1. The normalized spacial score (nSPS) is 12.1. The van der Waals surface area contributed by atoms with Gasteiger partial charge in [-0.15, -0.1) is 11.8 Å². The fourth-order valence-electron chi connectivity index (χ4n) is 3.86. The second kappa shape index (κ2) is 9.92. The molecule has 172 valence electrons. The topological polar surface area (TPSA) is 40.5 Å². The lowest BCUT2D eigenvalue weighted by Gasteiger charge is -2.37. The van der Waals surface area contributed by atoms with Gasteiger partial charge in [0.2, 0.25) is 0 Å². The first kappa shape index (κ1) is 24.7. The summed E-state index contributed by atoms with van der Waals surface area (Å²) in [4.78, 5) is 14.9. The highest BCUT2D eigenvalue weighted by molar-refractivity contribution is 9.10. The summed E-state index contributed by atoms with van der Waals surface area (Å²) in [5.74, 6) is 1.43. The van der Waals surface area contributed by atoms with E-state index >= 15 is 0 Å². The molecular weight excluding hydrogens is 486 g/mol. The molecule has 0 aliphatic rings. The van der Waals surface area contributed by atoms with Crippen molar-refractivity contribution in [3.05, 3.63) is 58.2 Å². The van der Waals surface area contributed by atoms with Crippen LogP contribution < -0.4 is 4.74 Å². The van der Waals surface area contributed by atoms with Gasteiger partial charge in [-0.25, -0.2) is 4.79 Å². The third kappa shape index (κ3) is 4.72. The monoisotopic (exact) mass is 517 g/mol. The van der Waals surface area contributed by atoms with Crippen LogP contribution in [0, 0.1) is 11.8 Å². The predicted octanol–water partition coefficient (Wildman–Crippen LogP) is 7.47. The Morgan fingerprint density at radius 1 is 1.12 bits per heavy atom. The number of nitrogens with zero attached hydrogens (tertiary/aromatic N) is 1. The molecule has 4 nitrogen and oxygen atoms in total. The third-order valence-electron chi connectivity index (χ3n) is 6.52. The lowest BCUT2D eigenvalue weighted by atomic mass is 9.82. The predicted molar refractivity (Wildman–Crippen MR) is 137 cm³/mol. The summed E-state index contributed by atoms with van der Waals surface area (Å²) in [6.45, 7) is 10.4. The maximum Gasteiger partial charge on any atom is 0.341 e. The number of ether oxygens (including phenoxy) is 2. The van der Waals surface area contributed by atoms with Crippen molar-refractivity contribution in [1.29, 1.82) is 0 Å². The first-order valence-corrected chi connectivity index (χ1v) is 12.6. The number of fused-ring (bicyclic) bond motifs is 1. The van der Waals surface area contributed by atoms with E-state index in [1.165, 1.54) is 0 Å². The Kier molecular flexibility index (Phi) is 7.66. The Morgan fingerprint density at radius 3 is 2.31 bits per heavy atom. The minimum atomic E-state index is -0.567. The molecule has 0 atom stereocenters. The van der Waals surface area contributed by atoms with E-state index in [2.05, 4.69) is 60.3 Å². The lowest BCUT2D eigenvalue weighted by Crippen LogP contribution is -2.42. The molecule has 0 aliphatic carbocycles. The van der Waals surface area contributed by atoms with Gasteiger partial charge in [0.15, 0.2) is 0 Å². The van der Waals surface area contributed by atoms with E-state index in [-0.39, 0.29) is 17.8 Å². The van der Waals surface area contributed by atoms with Gasteiger partial charge in [-0.05, 0) is 59.0 Å². The van der Waals surface area contributed by atoms with Crippen molar-refractivity contribution in [2.45, 2.75) is 50.9 Å². The number of aromatic nitrogens is 1. The Morgan fingerprint density at radius 2 is 1.75 bits per heavy atom. The maximum absolute atomic E-state index is 13.7. The van der Waals surface area contributed by atoms with Crippen LogP contribution in [0.5, 0.6) is 5.75 Å². The van der Waals surface area contributed by atoms with Gasteiger partial charge < -0.3 is 14.0 Å². The number of benzene rings is 2. The van der Waals surface area contributed by atoms with E-state index in [0.717, 1.165) is 26.0 Å². The zero-order valence-electron chi connectivity index (χ0n) is 19.9. The summed E-state index contributed by atoms with van der Waals surface area (Å²) in [6.07, 6.45) is 0. The van der Waals surface area contributed by atoms with E-state index < -0.39 is 5.60 Å². The molecular formula is C26H32BrNO3S. The molecule has 0 aliphatic heterocycles. The standard InChI is InChI=1S/C26H32BrNO3S/c1-16(2)26(5,17(3)4)31-25(29)24-19-13-23(30-7)20(27)14-21(19)28(6)22(24)15-32-18-11-9-8-10-12-18/h8-14,16-17H,15H2,1-7H3. The molecule has 0 bridgehead atoms. The lowest BCUT2D eigenvalue weighted by molar-refractivity contribution is -0.0593. The van der Waals surface area contributed by atoms with Crippen molar-refractivity contribution in [3.8, 4) is 5.75 Å². The molecule has 0 saturated heterocycles. The minimum Gasteiger partial charge on any atom is -0.496 e. The van der Waals surface area contributed by atoms with Gasteiger partial charge >= 0.3 is 5.97 Å². The second-order valence-electron chi connectivity index (χ2n) is 8.87. The van der Waals surface area contributed by atoms with E-state index in [4.69, 9.17) is 9.47 Å². The SMILES string of the molecule is COc1cc2c(C(=O)OC(C)(C(C)C)C(C)C)c(CSc3ccccc3)n(C)c2cc1Br. The largest absolute Gasteiger partial charge is 0.496 e. The van der Waals surface area contributed by atoms with Crippen LogP contribution >= 0.6 is 27.7 Å². The molecule has 0 spiro atoms. The highest BCUT2D eigenvalue weighted by atomic mass is 79.9. The smallest absolute Gasteiger partial charge is 0.341 e. The molecule has 1 heterocycles. The van der Waals surface area contributed by atoms with Crippen LogP contribution in [0.3, 0.4) is 0 Å². The molecule has 3 rings (SSSR count). The minimum absolute atomic E-state index is 0.187. The van der Waals surface area contributed by atoms with Crippen molar-refractivity contribution in [3.63, 3.8) is 0 Å². The molecule has 32 heavy (non-hydrogen) atoms. The Bertz CT molecular complexity index is 1100. The van der Waals surface area contributed by atoms with Gasteiger partial charge in [-0.1, -0.05) is 45.9 Å². The number of rotatable bonds is 8.